The Balaban J connectivity index is 1.54. The van der Waals surface area contributed by atoms with Gasteiger partial charge in [-0.25, -0.2) is 9.67 Å². The third-order valence-electron chi connectivity index (χ3n) is 7.58. The molecule has 0 aliphatic rings. The number of carbonyl (C=O) groups excluding carboxylic acids is 2. The quantitative estimate of drug-likeness (QED) is 0.207. The average Bonchev–Trinajstić information content (AvgIpc) is 3.25. The van der Waals surface area contributed by atoms with Crippen LogP contribution in [0.3, 0.4) is 0 Å². The van der Waals surface area contributed by atoms with E-state index < -0.39 is 6.04 Å². The van der Waals surface area contributed by atoms with E-state index in [0.717, 1.165) is 50.5 Å². The zero-order chi connectivity index (χ0) is 30.6. The highest BCUT2D eigenvalue weighted by Crippen LogP contribution is 2.29. The summed E-state index contributed by atoms with van der Waals surface area (Å²) < 4.78 is 12.8. The van der Waals surface area contributed by atoms with Crippen molar-refractivity contribution >= 4 is 22.9 Å². The lowest BCUT2D eigenvalue weighted by molar-refractivity contribution is -0.143. The van der Waals surface area contributed by atoms with Crippen LogP contribution >= 0.6 is 0 Å². The smallest absolute Gasteiger partial charge is 0.308 e. The van der Waals surface area contributed by atoms with Gasteiger partial charge in [-0.2, -0.15) is 5.10 Å². The number of benzene rings is 2. The molecule has 42 heavy (non-hydrogen) atoms. The molecule has 0 aliphatic carbocycles. The molecule has 0 saturated heterocycles. The summed E-state index contributed by atoms with van der Waals surface area (Å²) in [6.07, 6.45) is 0.879. The standard InChI is InChI=1S/C34H42N4O4/c1-9-41-32(40)19-30(26-11-14-28(15-12-26)42-20(2)3)36-31(39)17-16-29-23(6)33-25(8)37-38(34(33)35-24(29)7)27-13-10-21(4)22(5)18-27/h10-15,18,20,30H,9,16-17,19H2,1-8H3,(H,36,39)/t30-/m0/s1. The van der Waals surface area contributed by atoms with Gasteiger partial charge in [-0.1, -0.05) is 18.2 Å². The largest absolute Gasteiger partial charge is 0.491 e. The van der Waals surface area contributed by atoms with Crippen molar-refractivity contribution in [2.75, 3.05) is 6.61 Å². The fraction of sp³-hybridized carbons (Fsp3) is 0.412. The molecular weight excluding hydrogens is 528 g/mol. The van der Waals surface area contributed by atoms with Gasteiger partial charge in [-0.3, -0.25) is 9.59 Å². The van der Waals surface area contributed by atoms with E-state index in [2.05, 4.69) is 44.3 Å². The molecule has 222 valence electrons. The van der Waals surface area contributed by atoms with Crippen molar-refractivity contribution in [3.63, 3.8) is 0 Å². The molecule has 1 amide bonds. The first-order valence-electron chi connectivity index (χ1n) is 14.6. The molecule has 0 spiro atoms. The average molecular weight is 571 g/mol. The molecule has 1 N–H and O–H groups in total. The molecule has 8 nitrogen and oxygen atoms in total. The number of hydrogen-bond donors (Lipinski definition) is 1. The lowest BCUT2D eigenvalue weighted by Gasteiger charge is -2.20. The number of nitrogens with one attached hydrogen (secondary N) is 1. The highest BCUT2D eigenvalue weighted by atomic mass is 16.5. The Morgan fingerprint density at radius 1 is 0.952 bits per heavy atom. The molecule has 2 aromatic heterocycles. The number of rotatable bonds is 11. The monoisotopic (exact) mass is 570 g/mol. The first kappa shape index (κ1) is 30.8. The van der Waals surface area contributed by atoms with E-state index in [0.29, 0.717) is 6.42 Å². The van der Waals surface area contributed by atoms with Gasteiger partial charge in [0, 0.05) is 17.5 Å². The fourth-order valence-corrected chi connectivity index (χ4v) is 5.31. The topological polar surface area (TPSA) is 95.3 Å². The van der Waals surface area contributed by atoms with Crippen LogP contribution in [-0.2, 0) is 20.7 Å². The number of esters is 1. The zero-order valence-corrected chi connectivity index (χ0v) is 26.0. The Labute approximate surface area is 248 Å². The maximum Gasteiger partial charge on any atom is 0.308 e. The van der Waals surface area contributed by atoms with Gasteiger partial charge in [0.05, 0.1) is 36.6 Å². The van der Waals surface area contributed by atoms with E-state index in [-0.39, 0.29) is 37.4 Å². The van der Waals surface area contributed by atoms with Gasteiger partial charge in [0.15, 0.2) is 5.65 Å². The molecule has 4 rings (SSSR count). The zero-order valence-electron chi connectivity index (χ0n) is 26.0. The summed E-state index contributed by atoms with van der Waals surface area (Å²) in [7, 11) is 0. The molecule has 0 bridgehead atoms. The van der Waals surface area contributed by atoms with Crippen molar-refractivity contribution in [3.05, 3.63) is 81.7 Å². The molecule has 0 fully saturated rings. The van der Waals surface area contributed by atoms with Crippen molar-refractivity contribution in [2.24, 2.45) is 0 Å². The van der Waals surface area contributed by atoms with Crippen molar-refractivity contribution in [3.8, 4) is 11.4 Å². The summed E-state index contributed by atoms with van der Waals surface area (Å²) >= 11 is 0. The Morgan fingerprint density at radius 3 is 2.31 bits per heavy atom. The first-order chi connectivity index (χ1) is 20.0. The second-order valence-corrected chi connectivity index (χ2v) is 11.1. The van der Waals surface area contributed by atoms with Crippen molar-refractivity contribution in [1.82, 2.24) is 20.1 Å². The molecule has 0 radical (unpaired) electrons. The Bertz CT molecular complexity index is 1590. The number of carbonyl (C=O) groups is 2. The Hall–Kier alpha value is -4.20. The number of ether oxygens (including phenoxy) is 2. The third kappa shape index (κ3) is 6.98. The molecule has 0 aliphatic heterocycles. The van der Waals surface area contributed by atoms with Gasteiger partial charge >= 0.3 is 5.97 Å². The van der Waals surface area contributed by atoms with Crippen LogP contribution in [0.1, 0.15) is 78.9 Å². The lowest BCUT2D eigenvalue weighted by Crippen LogP contribution is -2.31. The fourth-order valence-electron chi connectivity index (χ4n) is 5.31. The minimum atomic E-state index is -0.508. The summed E-state index contributed by atoms with van der Waals surface area (Å²) in [5.41, 5.74) is 8.95. The number of fused-ring (bicyclic) bond motifs is 1. The SMILES string of the molecule is CCOC(=O)C[C@H](NC(=O)CCc1c(C)nc2c(c(C)nn2-c2ccc(C)c(C)c2)c1C)c1ccc(OC(C)C)cc1. The lowest BCUT2D eigenvalue weighted by atomic mass is 9.98. The minimum absolute atomic E-state index is 0.0480. The van der Waals surface area contributed by atoms with E-state index in [9.17, 15) is 9.59 Å². The van der Waals surface area contributed by atoms with Crippen LogP contribution < -0.4 is 10.1 Å². The van der Waals surface area contributed by atoms with Crippen molar-refractivity contribution < 1.29 is 19.1 Å². The second kappa shape index (κ2) is 13.2. The van der Waals surface area contributed by atoms with Gasteiger partial charge in [-0.05, 0) is 114 Å². The van der Waals surface area contributed by atoms with Crippen molar-refractivity contribution in [2.45, 2.75) is 86.8 Å². The molecule has 2 heterocycles. The normalized spacial score (nSPS) is 12.0. The molecule has 1 atom stereocenters. The number of nitrogens with zero attached hydrogens (tertiary/aromatic N) is 3. The van der Waals surface area contributed by atoms with Crippen molar-refractivity contribution in [1.29, 1.82) is 0 Å². The summed E-state index contributed by atoms with van der Waals surface area (Å²) in [5.74, 6) is 0.232. The predicted molar refractivity (Wildman–Crippen MR) is 165 cm³/mol. The van der Waals surface area contributed by atoms with Crippen LogP contribution in [0.4, 0.5) is 0 Å². The predicted octanol–water partition coefficient (Wildman–Crippen LogP) is 6.49. The van der Waals surface area contributed by atoms with Gasteiger partial charge in [0.2, 0.25) is 5.91 Å². The maximum absolute atomic E-state index is 13.2. The number of amides is 1. The molecule has 4 aromatic rings. The van der Waals surface area contributed by atoms with Crippen LogP contribution in [0.5, 0.6) is 5.75 Å². The Kier molecular flexibility index (Phi) is 9.66. The molecule has 0 saturated carbocycles. The van der Waals surface area contributed by atoms with E-state index in [1.165, 1.54) is 11.1 Å². The van der Waals surface area contributed by atoms with E-state index in [1.54, 1.807) is 6.92 Å². The summed E-state index contributed by atoms with van der Waals surface area (Å²) in [6, 6.07) is 13.3. The van der Waals surface area contributed by atoms with Crippen LogP contribution in [0, 0.1) is 34.6 Å². The van der Waals surface area contributed by atoms with Gasteiger partial charge in [0.1, 0.15) is 5.75 Å². The van der Waals surface area contributed by atoms with E-state index in [1.807, 2.05) is 56.6 Å². The van der Waals surface area contributed by atoms with Crippen LogP contribution in [-0.4, -0.2) is 39.4 Å². The Morgan fingerprint density at radius 2 is 1.67 bits per heavy atom. The van der Waals surface area contributed by atoms with E-state index >= 15 is 0 Å². The summed E-state index contributed by atoms with van der Waals surface area (Å²) in [5, 5.41) is 8.90. The van der Waals surface area contributed by atoms with Crippen LogP contribution in [0.2, 0.25) is 0 Å². The first-order valence-corrected chi connectivity index (χ1v) is 14.6. The minimum Gasteiger partial charge on any atom is -0.491 e. The van der Waals surface area contributed by atoms with Gasteiger partial charge < -0.3 is 14.8 Å². The highest BCUT2D eigenvalue weighted by molar-refractivity contribution is 5.85. The van der Waals surface area contributed by atoms with E-state index in [4.69, 9.17) is 19.6 Å². The maximum atomic E-state index is 13.2. The number of hydrogen-bond acceptors (Lipinski definition) is 6. The van der Waals surface area contributed by atoms with Crippen LogP contribution in [0.15, 0.2) is 42.5 Å². The number of aromatic nitrogens is 3. The van der Waals surface area contributed by atoms with Gasteiger partial charge in [-0.15, -0.1) is 0 Å². The highest BCUT2D eigenvalue weighted by Gasteiger charge is 2.22. The number of aryl methyl sites for hydroxylation is 5. The molecular formula is C34H42N4O4. The molecule has 8 heteroatoms. The molecule has 0 unspecified atom stereocenters. The van der Waals surface area contributed by atoms with Crippen LogP contribution in [0.25, 0.3) is 16.7 Å². The second-order valence-electron chi connectivity index (χ2n) is 11.1. The molecule has 2 aromatic carbocycles. The third-order valence-corrected chi connectivity index (χ3v) is 7.58. The number of pyridine rings is 1. The summed E-state index contributed by atoms with van der Waals surface area (Å²) in [4.78, 5) is 30.6. The summed E-state index contributed by atoms with van der Waals surface area (Å²) in [6.45, 7) is 16.2. The van der Waals surface area contributed by atoms with Gasteiger partial charge in [0.25, 0.3) is 0 Å².